The van der Waals surface area contributed by atoms with E-state index < -0.39 is 0 Å². The standard InChI is InChI=1S/C12H26N2O2/c1-5-6-8-16-9-7-14-10-12(2,3)11(15)13-4/h14H,5-10H2,1-4H3,(H,13,15). The van der Waals surface area contributed by atoms with Crippen molar-refractivity contribution in [3.63, 3.8) is 0 Å². The van der Waals surface area contributed by atoms with Gasteiger partial charge in [-0.05, 0) is 20.3 Å². The predicted octanol–water partition coefficient (Wildman–Crippen LogP) is 1.16. The highest BCUT2D eigenvalue weighted by atomic mass is 16.5. The summed E-state index contributed by atoms with van der Waals surface area (Å²) in [5.41, 5.74) is -0.363. The first kappa shape index (κ1) is 15.4. The highest BCUT2D eigenvalue weighted by Crippen LogP contribution is 2.12. The zero-order valence-electron chi connectivity index (χ0n) is 11.1. The molecule has 0 aromatic carbocycles. The Hall–Kier alpha value is -0.610. The minimum atomic E-state index is -0.363. The van der Waals surface area contributed by atoms with Crippen LogP contribution in [0.25, 0.3) is 0 Å². The van der Waals surface area contributed by atoms with Crippen LogP contribution in [0, 0.1) is 5.41 Å². The van der Waals surface area contributed by atoms with Crippen LogP contribution in [-0.2, 0) is 9.53 Å². The molecule has 0 fully saturated rings. The molecule has 0 rings (SSSR count). The van der Waals surface area contributed by atoms with Gasteiger partial charge in [-0.15, -0.1) is 0 Å². The van der Waals surface area contributed by atoms with Crippen LogP contribution in [0.2, 0.25) is 0 Å². The largest absolute Gasteiger partial charge is 0.380 e. The average Bonchev–Trinajstić information content (AvgIpc) is 2.26. The topological polar surface area (TPSA) is 50.4 Å². The minimum Gasteiger partial charge on any atom is -0.380 e. The van der Waals surface area contributed by atoms with Gasteiger partial charge in [-0.3, -0.25) is 4.79 Å². The van der Waals surface area contributed by atoms with E-state index in [0.717, 1.165) is 26.0 Å². The second-order valence-corrected chi connectivity index (χ2v) is 4.61. The first-order valence-electron chi connectivity index (χ1n) is 6.05. The summed E-state index contributed by atoms with van der Waals surface area (Å²) in [5.74, 6) is 0.0619. The number of hydrogen-bond acceptors (Lipinski definition) is 3. The minimum absolute atomic E-state index is 0.0619. The molecule has 0 aliphatic heterocycles. The lowest BCUT2D eigenvalue weighted by Gasteiger charge is -2.22. The van der Waals surface area contributed by atoms with Gasteiger partial charge in [0.25, 0.3) is 0 Å². The highest BCUT2D eigenvalue weighted by molar-refractivity contribution is 5.81. The van der Waals surface area contributed by atoms with Crippen LogP contribution in [0.4, 0.5) is 0 Å². The van der Waals surface area contributed by atoms with Crippen LogP contribution in [-0.4, -0.2) is 39.3 Å². The van der Waals surface area contributed by atoms with Gasteiger partial charge >= 0.3 is 0 Å². The first-order valence-corrected chi connectivity index (χ1v) is 6.05. The van der Waals surface area contributed by atoms with Crippen molar-refractivity contribution in [2.24, 2.45) is 5.41 Å². The van der Waals surface area contributed by atoms with E-state index in [-0.39, 0.29) is 11.3 Å². The molecule has 0 bridgehead atoms. The van der Waals surface area contributed by atoms with Gasteiger partial charge in [0.15, 0.2) is 0 Å². The fraction of sp³-hybridized carbons (Fsp3) is 0.917. The van der Waals surface area contributed by atoms with Gasteiger partial charge < -0.3 is 15.4 Å². The van der Waals surface area contributed by atoms with Crippen LogP contribution in [0.1, 0.15) is 33.6 Å². The number of carbonyl (C=O) groups excluding carboxylic acids is 1. The number of nitrogens with one attached hydrogen (secondary N) is 2. The normalized spacial score (nSPS) is 11.5. The summed E-state index contributed by atoms with van der Waals surface area (Å²) in [6.45, 7) is 9.01. The Balaban J connectivity index is 3.47. The summed E-state index contributed by atoms with van der Waals surface area (Å²) in [5, 5.41) is 5.90. The van der Waals surface area contributed by atoms with E-state index in [1.54, 1.807) is 7.05 Å². The number of unbranched alkanes of at least 4 members (excludes halogenated alkanes) is 1. The number of ether oxygens (including phenoxy) is 1. The maximum absolute atomic E-state index is 11.5. The van der Waals surface area contributed by atoms with Gasteiger partial charge in [-0.1, -0.05) is 13.3 Å². The lowest BCUT2D eigenvalue weighted by molar-refractivity contribution is -0.128. The Labute approximate surface area is 99.1 Å². The quantitative estimate of drug-likeness (QED) is 0.585. The average molecular weight is 230 g/mol. The molecular formula is C12H26N2O2. The second-order valence-electron chi connectivity index (χ2n) is 4.61. The molecule has 0 radical (unpaired) electrons. The summed E-state index contributed by atoms with van der Waals surface area (Å²) in [6, 6.07) is 0. The van der Waals surface area contributed by atoms with Crippen LogP contribution >= 0.6 is 0 Å². The van der Waals surface area contributed by atoms with E-state index >= 15 is 0 Å². The Morgan fingerprint density at radius 2 is 2.00 bits per heavy atom. The molecule has 0 saturated heterocycles. The fourth-order valence-corrected chi connectivity index (χ4v) is 1.31. The van der Waals surface area contributed by atoms with E-state index in [9.17, 15) is 4.79 Å². The molecule has 4 nitrogen and oxygen atoms in total. The van der Waals surface area contributed by atoms with Crippen molar-refractivity contribution in [2.45, 2.75) is 33.6 Å². The van der Waals surface area contributed by atoms with Gasteiger partial charge in [0.1, 0.15) is 0 Å². The van der Waals surface area contributed by atoms with E-state index in [2.05, 4.69) is 17.6 Å². The number of rotatable bonds is 9. The molecule has 0 aromatic heterocycles. The van der Waals surface area contributed by atoms with Crippen LogP contribution in [0.15, 0.2) is 0 Å². The third-order valence-electron chi connectivity index (χ3n) is 2.47. The molecule has 0 heterocycles. The third kappa shape index (κ3) is 6.80. The highest BCUT2D eigenvalue weighted by Gasteiger charge is 2.25. The molecular weight excluding hydrogens is 204 g/mol. The summed E-state index contributed by atoms with van der Waals surface area (Å²) >= 11 is 0. The van der Waals surface area contributed by atoms with E-state index in [0.29, 0.717) is 13.2 Å². The molecule has 2 N–H and O–H groups in total. The Bertz CT molecular complexity index is 193. The van der Waals surface area contributed by atoms with Gasteiger partial charge in [0.2, 0.25) is 5.91 Å². The monoisotopic (exact) mass is 230 g/mol. The molecule has 0 aliphatic carbocycles. The first-order chi connectivity index (χ1) is 7.54. The number of amides is 1. The zero-order chi connectivity index (χ0) is 12.4. The maximum atomic E-state index is 11.5. The third-order valence-corrected chi connectivity index (χ3v) is 2.47. The SMILES string of the molecule is CCCCOCCNCC(C)(C)C(=O)NC. The smallest absolute Gasteiger partial charge is 0.226 e. The van der Waals surface area contributed by atoms with E-state index in [4.69, 9.17) is 4.74 Å². The molecule has 0 aromatic rings. The number of hydrogen-bond donors (Lipinski definition) is 2. The Morgan fingerprint density at radius 1 is 1.31 bits per heavy atom. The molecule has 0 unspecified atom stereocenters. The summed E-state index contributed by atoms with van der Waals surface area (Å²) in [7, 11) is 1.66. The molecule has 96 valence electrons. The lowest BCUT2D eigenvalue weighted by Crippen LogP contribution is -2.42. The summed E-state index contributed by atoms with van der Waals surface area (Å²) < 4.78 is 5.41. The summed E-state index contributed by atoms with van der Waals surface area (Å²) in [6.07, 6.45) is 2.28. The molecule has 16 heavy (non-hydrogen) atoms. The van der Waals surface area contributed by atoms with Crippen molar-refractivity contribution >= 4 is 5.91 Å². The van der Waals surface area contributed by atoms with Gasteiger partial charge in [-0.2, -0.15) is 0 Å². The molecule has 0 spiro atoms. The van der Waals surface area contributed by atoms with Crippen molar-refractivity contribution in [1.82, 2.24) is 10.6 Å². The Morgan fingerprint density at radius 3 is 2.56 bits per heavy atom. The Kier molecular flexibility index (Phi) is 8.21. The second kappa shape index (κ2) is 8.53. The van der Waals surface area contributed by atoms with Crippen molar-refractivity contribution in [2.75, 3.05) is 33.4 Å². The summed E-state index contributed by atoms with van der Waals surface area (Å²) in [4.78, 5) is 11.5. The molecule has 0 saturated carbocycles. The molecule has 0 aliphatic rings. The van der Waals surface area contributed by atoms with Crippen molar-refractivity contribution in [3.8, 4) is 0 Å². The fourth-order valence-electron chi connectivity index (χ4n) is 1.31. The maximum Gasteiger partial charge on any atom is 0.226 e. The van der Waals surface area contributed by atoms with Gasteiger partial charge in [0, 0.05) is 26.7 Å². The molecule has 4 heteroatoms. The van der Waals surface area contributed by atoms with Gasteiger partial charge in [-0.25, -0.2) is 0 Å². The van der Waals surface area contributed by atoms with Crippen LogP contribution < -0.4 is 10.6 Å². The lowest BCUT2D eigenvalue weighted by atomic mass is 9.92. The van der Waals surface area contributed by atoms with Crippen molar-refractivity contribution in [1.29, 1.82) is 0 Å². The van der Waals surface area contributed by atoms with Crippen LogP contribution in [0.3, 0.4) is 0 Å². The van der Waals surface area contributed by atoms with Crippen LogP contribution in [0.5, 0.6) is 0 Å². The van der Waals surface area contributed by atoms with E-state index in [1.165, 1.54) is 0 Å². The molecule has 0 atom stereocenters. The molecule has 1 amide bonds. The van der Waals surface area contributed by atoms with Crippen molar-refractivity contribution in [3.05, 3.63) is 0 Å². The van der Waals surface area contributed by atoms with Crippen molar-refractivity contribution < 1.29 is 9.53 Å². The zero-order valence-corrected chi connectivity index (χ0v) is 11.1. The van der Waals surface area contributed by atoms with Gasteiger partial charge in [0.05, 0.1) is 12.0 Å². The predicted molar refractivity (Wildman–Crippen MR) is 66.4 cm³/mol. The number of carbonyl (C=O) groups is 1. The van der Waals surface area contributed by atoms with E-state index in [1.807, 2.05) is 13.8 Å².